The average Bonchev–Trinajstić information content (AvgIpc) is 2.91. The first kappa shape index (κ1) is 41.7. The molecule has 0 aliphatic heterocycles. The number of carbonyl (C=O) groups excluding carboxylic acids is 2. The van der Waals surface area contributed by atoms with Crippen molar-refractivity contribution in [1.29, 1.82) is 0 Å². The summed E-state index contributed by atoms with van der Waals surface area (Å²) in [4.78, 5) is 23.5. The Balaban J connectivity index is 0. The summed E-state index contributed by atoms with van der Waals surface area (Å²) in [5, 5.41) is 0. The van der Waals surface area contributed by atoms with Crippen LogP contribution in [0.25, 0.3) is 0 Å². The van der Waals surface area contributed by atoms with Crippen LogP contribution in [0, 0.1) is 5.92 Å². The van der Waals surface area contributed by atoms with Crippen molar-refractivity contribution < 1.29 is 38.0 Å². The fraction of sp³-hybridized carbons (Fsp3) is 0.562. The monoisotopic (exact) mass is 720 g/mol. The number of ether oxygens (including phenoxy) is 6. The van der Waals surface area contributed by atoms with Crippen molar-refractivity contribution in [3.8, 4) is 23.0 Å². The number of methoxy groups -OCH3 is 4. The van der Waals surface area contributed by atoms with E-state index in [1.54, 1.807) is 20.3 Å². The summed E-state index contributed by atoms with van der Waals surface area (Å²) in [5.41, 5.74) is 2.16. The molecule has 0 aliphatic carbocycles. The van der Waals surface area contributed by atoms with E-state index < -0.39 is 17.9 Å². The number of carbonyl (C=O) groups is 2. The minimum absolute atomic E-state index is 0. The zero-order valence-corrected chi connectivity index (χ0v) is 28.1. The lowest BCUT2D eigenvalue weighted by Gasteiger charge is -2.17. The molecule has 0 N–H and O–H groups in total. The SMILES string of the molecule is C.C.CCCc1cc(OC(C)C)c(OC)cc1Br.COC(=O)C(CCc1cc(OC(C)C)c(OC)cc1Br)C(=O)OC. The molecule has 0 radical (unpaired) electrons. The normalized spacial score (nSPS) is 10.1. The fourth-order valence-electron chi connectivity index (χ4n) is 3.73. The van der Waals surface area contributed by atoms with Crippen molar-refractivity contribution in [1.82, 2.24) is 0 Å². The molecule has 42 heavy (non-hydrogen) atoms. The van der Waals surface area contributed by atoms with Crippen LogP contribution in [0.15, 0.2) is 33.2 Å². The highest BCUT2D eigenvalue weighted by molar-refractivity contribution is 9.10. The second kappa shape index (κ2) is 21.3. The molecule has 0 aromatic heterocycles. The first-order chi connectivity index (χ1) is 18.9. The Hall–Kier alpha value is -2.46. The van der Waals surface area contributed by atoms with Crippen LogP contribution in [-0.2, 0) is 31.9 Å². The van der Waals surface area contributed by atoms with Crippen molar-refractivity contribution >= 4 is 43.8 Å². The van der Waals surface area contributed by atoms with E-state index in [2.05, 4.69) is 54.3 Å². The van der Waals surface area contributed by atoms with Gasteiger partial charge in [-0.1, -0.05) is 60.1 Å². The Morgan fingerprint density at radius 1 is 0.667 bits per heavy atom. The molecule has 0 saturated carbocycles. The summed E-state index contributed by atoms with van der Waals surface area (Å²) in [7, 11) is 5.72. The highest BCUT2D eigenvalue weighted by Gasteiger charge is 2.28. The number of benzene rings is 2. The van der Waals surface area contributed by atoms with Crippen LogP contribution in [0.2, 0.25) is 0 Å². The van der Waals surface area contributed by atoms with Crippen LogP contribution in [0.1, 0.15) is 73.4 Å². The van der Waals surface area contributed by atoms with E-state index in [1.165, 1.54) is 19.8 Å². The van der Waals surface area contributed by atoms with Gasteiger partial charge < -0.3 is 28.4 Å². The summed E-state index contributed by atoms with van der Waals surface area (Å²) >= 11 is 7.03. The lowest BCUT2D eigenvalue weighted by Crippen LogP contribution is -2.27. The molecule has 240 valence electrons. The topological polar surface area (TPSA) is 89.5 Å². The van der Waals surface area contributed by atoms with E-state index in [0.717, 1.165) is 38.8 Å². The molecule has 10 heteroatoms. The van der Waals surface area contributed by atoms with Crippen LogP contribution >= 0.6 is 31.9 Å². The number of esters is 2. The fourth-order valence-corrected chi connectivity index (χ4v) is 4.78. The molecule has 0 bridgehead atoms. The Morgan fingerprint density at radius 3 is 1.36 bits per heavy atom. The van der Waals surface area contributed by atoms with E-state index in [4.69, 9.17) is 18.9 Å². The van der Waals surface area contributed by atoms with Gasteiger partial charge in [0, 0.05) is 8.95 Å². The molecule has 0 amide bonds. The molecule has 0 heterocycles. The second-order valence-electron chi connectivity index (χ2n) is 9.41. The molecular weight excluding hydrogens is 672 g/mol. The van der Waals surface area contributed by atoms with Gasteiger partial charge in [-0.05, 0) is 82.3 Å². The second-order valence-corrected chi connectivity index (χ2v) is 11.1. The van der Waals surface area contributed by atoms with Crippen LogP contribution < -0.4 is 18.9 Å². The maximum Gasteiger partial charge on any atom is 0.320 e. The highest BCUT2D eigenvalue weighted by Crippen LogP contribution is 2.36. The minimum Gasteiger partial charge on any atom is -0.493 e. The summed E-state index contributed by atoms with van der Waals surface area (Å²) in [6.07, 6.45) is 3.04. The molecule has 0 spiro atoms. The number of aryl methyl sites for hydroxylation is 2. The molecule has 8 nitrogen and oxygen atoms in total. The molecule has 2 aromatic rings. The van der Waals surface area contributed by atoms with E-state index >= 15 is 0 Å². The van der Waals surface area contributed by atoms with Gasteiger partial charge in [-0.25, -0.2) is 0 Å². The van der Waals surface area contributed by atoms with E-state index in [1.807, 2.05) is 39.8 Å². The standard InChI is InChI=1S/C17H23BrO6.C13H19BrO2.2CH4/c1-10(2)24-15-8-11(13(18)9-14(15)21-3)6-7-12(16(19)22-4)17(20)23-5;1-5-6-10-7-13(16-9(2)3)12(15-4)8-11(10)14;;/h8-10,12H,6-7H2,1-5H3;7-9H,5-6H2,1-4H3;2*1H4. The lowest BCUT2D eigenvalue weighted by molar-refractivity contribution is -0.159. The molecule has 0 aliphatic rings. The van der Waals surface area contributed by atoms with Crippen LogP contribution in [-0.4, -0.2) is 52.6 Å². The summed E-state index contributed by atoms with van der Waals surface area (Å²) < 4.78 is 33.3. The molecule has 2 aromatic carbocycles. The largest absolute Gasteiger partial charge is 0.493 e. The molecule has 2 rings (SSSR count). The number of halogens is 2. The Morgan fingerprint density at radius 2 is 1.05 bits per heavy atom. The van der Waals surface area contributed by atoms with Gasteiger partial charge in [-0.2, -0.15) is 0 Å². The quantitative estimate of drug-likeness (QED) is 0.150. The van der Waals surface area contributed by atoms with Crippen LogP contribution in [0.3, 0.4) is 0 Å². The Labute approximate surface area is 270 Å². The van der Waals surface area contributed by atoms with Crippen molar-refractivity contribution in [3.63, 3.8) is 0 Å². The number of hydrogen-bond donors (Lipinski definition) is 0. The molecule has 0 saturated heterocycles. The predicted molar refractivity (Wildman–Crippen MR) is 176 cm³/mol. The van der Waals surface area contributed by atoms with E-state index in [-0.39, 0.29) is 33.5 Å². The van der Waals surface area contributed by atoms with Crippen molar-refractivity contribution in [2.24, 2.45) is 5.92 Å². The van der Waals surface area contributed by atoms with Gasteiger partial charge in [0.25, 0.3) is 0 Å². The van der Waals surface area contributed by atoms with Crippen molar-refractivity contribution in [2.75, 3.05) is 28.4 Å². The third-order valence-electron chi connectivity index (χ3n) is 5.58. The van der Waals surface area contributed by atoms with Gasteiger partial charge >= 0.3 is 11.9 Å². The first-order valence-electron chi connectivity index (χ1n) is 13.1. The molecular formula is C32H50Br2O8. The Kier molecular flexibility index (Phi) is 21.1. The maximum absolute atomic E-state index is 11.8. The van der Waals surface area contributed by atoms with Crippen LogP contribution in [0.5, 0.6) is 23.0 Å². The van der Waals surface area contributed by atoms with Gasteiger partial charge in [-0.15, -0.1) is 0 Å². The van der Waals surface area contributed by atoms with Gasteiger partial charge in [0.1, 0.15) is 0 Å². The smallest absolute Gasteiger partial charge is 0.320 e. The van der Waals surface area contributed by atoms with E-state index in [0.29, 0.717) is 17.9 Å². The number of rotatable bonds is 13. The summed E-state index contributed by atoms with van der Waals surface area (Å²) in [5.74, 6) is 0.651. The van der Waals surface area contributed by atoms with Crippen LogP contribution in [0.4, 0.5) is 0 Å². The van der Waals surface area contributed by atoms with Gasteiger partial charge in [0.2, 0.25) is 0 Å². The molecule has 0 unspecified atom stereocenters. The van der Waals surface area contributed by atoms with Crippen molar-refractivity contribution in [2.45, 2.75) is 87.4 Å². The van der Waals surface area contributed by atoms with Gasteiger partial charge in [-0.3, -0.25) is 9.59 Å². The highest BCUT2D eigenvalue weighted by atomic mass is 79.9. The average molecular weight is 723 g/mol. The zero-order chi connectivity index (χ0) is 30.4. The first-order valence-corrected chi connectivity index (χ1v) is 14.7. The van der Waals surface area contributed by atoms with E-state index in [9.17, 15) is 9.59 Å². The minimum atomic E-state index is -0.955. The zero-order valence-electron chi connectivity index (χ0n) is 24.9. The Bertz CT molecular complexity index is 1090. The lowest BCUT2D eigenvalue weighted by atomic mass is 9.99. The molecule has 0 atom stereocenters. The predicted octanol–water partition coefficient (Wildman–Crippen LogP) is 8.61. The molecule has 0 fully saturated rings. The maximum atomic E-state index is 11.8. The number of hydrogen-bond acceptors (Lipinski definition) is 8. The third kappa shape index (κ3) is 13.2. The summed E-state index contributed by atoms with van der Waals surface area (Å²) in [6.45, 7) is 10.0. The van der Waals surface area contributed by atoms with Gasteiger partial charge in [0.15, 0.2) is 28.9 Å². The van der Waals surface area contributed by atoms with Crippen molar-refractivity contribution in [3.05, 3.63) is 44.3 Å². The van der Waals surface area contributed by atoms with Gasteiger partial charge in [0.05, 0.1) is 40.6 Å². The third-order valence-corrected chi connectivity index (χ3v) is 7.06. The summed E-state index contributed by atoms with van der Waals surface area (Å²) in [6, 6.07) is 7.68.